The van der Waals surface area contributed by atoms with Crippen molar-refractivity contribution in [3.05, 3.63) is 29.6 Å². The van der Waals surface area contributed by atoms with Gasteiger partial charge >= 0.3 is 5.97 Å². The third-order valence-corrected chi connectivity index (χ3v) is 4.35. The normalized spacial score (nSPS) is 16.3. The van der Waals surface area contributed by atoms with Crippen molar-refractivity contribution in [3.63, 3.8) is 0 Å². The number of guanidine groups is 1. The Morgan fingerprint density at radius 1 is 1.48 bits per heavy atom. The number of pyridine rings is 1. The molecule has 1 fully saturated rings. The van der Waals surface area contributed by atoms with E-state index in [2.05, 4.69) is 33.2 Å². The molecule has 126 valence electrons. The topological polar surface area (TPSA) is 66.8 Å². The summed E-state index contributed by atoms with van der Waals surface area (Å²) >= 11 is 0. The summed E-state index contributed by atoms with van der Waals surface area (Å²) in [6, 6.07) is 2.06. The van der Waals surface area contributed by atoms with Gasteiger partial charge in [-0.15, -0.1) is 0 Å². The number of hydrogen-bond acceptors (Lipinski definition) is 4. The van der Waals surface area contributed by atoms with Crippen molar-refractivity contribution in [2.75, 3.05) is 33.8 Å². The van der Waals surface area contributed by atoms with Crippen LogP contribution < -0.4 is 5.32 Å². The first-order valence-electron chi connectivity index (χ1n) is 8.08. The standard InChI is InChI=1S/C17H26N4O2/c1-13-12-19-8-4-14(13)5-9-20-17(18-2)21-10-6-15(7-11-21)16(22)23-3/h4,8,12,15H,5-7,9-11H2,1-3H3,(H,18,20). The van der Waals surface area contributed by atoms with Gasteiger partial charge in [0, 0.05) is 39.1 Å². The molecule has 0 atom stereocenters. The summed E-state index contributed by atoms with van der Waals surface area (Å²) in [7, 11) is 3.25. The fourth-order valence-corrected chi connectivity index (χ4v) is 2.92. The second-order valence-corrected chi connectivity index (χ2v) is 5.81. The number of hydrogen-bond donors (Lipinski definition) is 1. The number of likely N-dealkylation sites (tertiary alicyclic amines) is 1. The van der Waals surface area contributed by atoms with Crippen LogP contribution in [-0.4, -0.2) is 55.6 Å². The number of methoxy groups -OCH3 is 1. The number of nitrogens with zero attached hydrogens (tertiary/aromatic N) is 3. The molecule has 0 aliphatic carbocycles. The van der Waals surface area contributed by atoms with Crippen LogP contribution >= 0.6 is 0 Å². The number of nitrogens with one attached hydrogen (secondary N) is 1. The Balaban J connectivity index is 1.80. The van der Waals surface area contributed by atoms with E-state index < -0.39 is 0 Å². The molecule has 1 saturated heterocycles. The number of carbonyl (C=O) groups is 1. The molecule has 6 nitrogen and oxygen atoms in total. The molecule has 0 aromatic carbocycles. The van der Waals surface area contributed by atoms with E-state index in [4.69, 9.17) is 4.74 Å². The average Bonchev–Trinajstić information content (AvgIpc) is 2.60. The van der Waals surface area contributed by atoms with Crippen LogP contribution in [0.25, 0.3) is 0 Å². The number of esters is 1. The monoisotopic (exact) mass is 318 g/mol. The maximum atomic E-state index is 11.6. The third kappa shape index (κ3) is 4.68. The summed E-state index contributed by atoms with van der Waals surface area (Å²) < 4.78 is 4.83. The number of piperidine rings is 1. The maximum absolute atomic E-state index is 11.6. The molecule has 23 heavy (non-hydrogen) atoms. The van der Waals surface area contributed by atoms with E-state index in [9.17, 15) is 4.79 Å². The van der Waals surface area contributed by atoms with Crippen LogP contribution in [0.3, 0.4) is 0 Å². The lowest BCUT2D eigenvalue weighted by atomic mass is 9.97. The van der Waals surface area contributed by atoms with Crippen molar-refractivity contribution >= 4 is 11.9 Å². The molecule has 0 unspecified atom stereocenters. The molecule has 1 aromatic heterocycles. The van der Waals surface area contributed by atoms with Crippen LogP contribution in [0.5, 0.6) is 0 Å². The summed E-state index contributed by atoms with van der Waals surface area (Å²) in [6.07, 6.45) is 6.29. The Morgan fingerprint density at radius 2 is 2.22 bits per heavy atom. The predicted octanol–water partition coefficient (Wildman–Crippen LogP) is 1.39. The Kier molecular flexibility index (Phi) is 6.38. The molecule has 0 radical (unpaired) electrons. The lowest BCUT2D eigenvalue weighted by molar-refractivity contribution is -0.146. The van der Waals surface area contributed by atoms with Gasteiger partial charge in [-0.1, -0.05) is 0 Å². The smallest absolute Gasteiger partial charge is 0.308 e. The van der Waals surface area contributed by atoms with Gasteiger partial charge in [0.05, 0.1) is 13.0 Å². The van der Waals surface area contributed by atoms with Crippen LogP contribution in [0.1, 0.15) is 24.0 Å². The summed E-state index contributed by atoms with van der Waals surface area (Å²) in [5.74, 6) is 0.828. The highest BCUT2D eigenvalue weighted by molar-refractivity contribution is 5.80. The van der Waals surface area contributed by atoms with Gasteiger partial charge in [0.15, 0.2) is 5.96 Å². The molecule has 0 spiro atoms. The van der Waals surface area contributed by atoms with E-state index in [1.165, 1.54) is 18.2 Å². The Hall–Kier alpha value is -2.11. The zero-order chi connectivity index (χ0) is 16.7. The number of ether oxygens (including phenoxy) is 1. The van der Waals surface area contributed by atoms with E-state index in [0.717, 1.165) is 44.9 Å². The molecule has 0 saturated carbocycles. The minimum Gasteiger partial charge on any atom is -0.469 e. The zero-order valence-corrected chi connectivity index (χ0v) is 14.2. The quantitative estimate of drug-likeness (QED) is 0.516. The minimum atomic E-state index is -0.0965. The van der Waals surface area contributed by atoms with Gasteiger partial charge in [0.25, 0.3) is 0 Å². The largest absolute Gasteiger partial charge is 0.469 e. The Labute approximate surface area is 138 Å². The number of rotatable bonds is 4. The van der Waals surface area contributed by atoms with Crippen LogP contribution in [0.4, 0.5) is 0 Å². The van der Waals surface area contributed by atoms with Crippen LogP contribution in [-0.2, 0) is 16.0 Å². The van der Waals surface area contributed by atoms with Gasteiger partial charge in [-0.2, -0.15) is 0 Å². The third-order valence-electron chi connectivity index (χ3n) is 4.35. The van der Waals surface area contributed by atoms with Gasteiger partial charge < -0.3 is 15.0 Å². The summed E-state index contributed by atoms with van der Waals surface area (Å²) in [4.78, 5) is 22.3. The van der Waals surface area contributed by atoms with E-state index in [-0.39, 0.29) is 11.9 Å². The Bertz CT molecular complexity index is 551. The summed E-state index contributed by atoms with van der Waals surface area (Å²) in [5.41, 5.74) is 2.51. The van der Waals surface area contributed by atoms with Gasteiger partial charge in [0.1, 0.15) is 0 Å². The number of aromatic nitrogens is 1. The van der Waals surface area contributed by atoms with Crippen molar-refractivity contribution in [2.24, 2.45) is 10.9 Å². The lowest BCUT2D eigenvalue weighted by Crippen LogP contribution is -2.47. The SMILES string of the molecule is CN=C(NCCc1ccncc1C)N1CCC(C(=O)OC)CC1. The number of carbonyl (C=O) groups excluding carboxylic acids is 1. The van der Waals surface area contributed by atoms with Gasteiger partial charge in [0.2, 0.25) is 0 Å². The summed E-state index contributed by atoms with van der Waals surface area (Å²) in [5, 5.41) is 3.41. The zero-order valence-electron chi connectivity index (χ0n) is 14.2. The summed E-state index contributed by atoms with van der Waals surface area (Å²) in [6.45, 7) is 4.56. The lowest BCUT2D eigenvalue weighted by Gasteiger charge is -2.33. The second kappa shape index (κ2) is 8.50. The van der Waals surface area contributed by atoms with E-state index in [0.29, 0.717) is 0 Å². The fourth-order valence-electron chi connectivity index (χ4n) is 2.92. The second-order valence-electron chi connectivity index (χ2n) is 5.81. The van der Waals surface area contributed by atoms with E-state index in [1.54, 1.807) is 7.05 Å². The first kappa shape index (κ1) is 17.2. The van der Waals surface area contributed by atoms with Crippen molar-refractivity contribution < 1.29 is 9.53 Å². The average molecular weight is 318 g/mol. The van der Waals surface area contributed by atoms with Gasteiger partial charge in [-0.3, -0.25) is 14.8 Å². The molecule has 0 bridgehead atoms. The molecule has 1 aliphatic rings. The molecular formula is C17H26N4O2. The van der Waals surface area contributed by atoms with Crippen LogP contribution in [0.15, 0.2) is 23.5 Å². The van der Waals surface area contributed by atoms with Crippen molar-refractivity contribution in [3.8, 4) is 0 Å². The van der Waals surface area contributed by atoms with Crippen molar-refractivity contribution in [1.82, 2.24) is 15.2 Å². The van der Waals surface area contributed by atoms with Crippen LogP contribution in [0.2, 0.25) is 0 Å². The van der Waals surface area contributed by atoms with Gasteiger partial charge in [-0.25, -0.2) is 0 Å². The first-order chi connectivity index (χ1) is 11.2. The molecule has 1 aliphatic heterocycles. The van der Waals surface area contributed by atoms with Crippen molar-refractivity contribution in [1.29, 1.82) is 0 Å². The molecule has 1 aromatic rings. The highest BCUT2D eigenvalue weighted by atomic mass is 16.5. The van der Waals surface area contributed by atoms with Crippen molar-refractivity contribution in [2.45, 2.75) is 26.2 Å². The minimum absolute atomic E-state index is 0.0221. The van der Waals surface area contributed by atoms with E-state index >= 15 is 0 Å². The van der Waals surface area contributed by atoms with Crippen LogP contribution in [0, 0.1) is 12.8 Å². The number of aliphatic imine (C=N–C) groups is 1. The highest BCUT2D eigenvalue weighted by Gasteiger charge is 2.26. The molecule has 6 heteroatoms. The first-order valence-corrected chi connectivity index (χ1v) is 8.08. The van der Waals surface area contributed by atoms with Gasteiger partial charge in [-0.05, 0) is 43.4 Å². The predicted molar refractivity (Wildman–Crippen MR) is 90.4 cm³/mol. The Morgan fingerprint density at radius 3 is 2.83 bits per heavy atom. The molecule has 2 rings (SSSR count). The molecular weight excluding hydrogens is 292 g/mol. The maximum Gasteiger partial charge on any atom is 0.308 e. The fraction of sp³-hybridized carbons (Fsp3) is 0.588. The molecule has 0 amide bonds. The van der Waals surface area contributed by atoms with E-state index in [1.807, 2.05) is 12.4 Å². The number of aryl methyl sites for hydroxylation is 1. The highest BCUT2D eigenvalue weighted by Crippen LogP contribution is 2.18. The molecule has 1 N–H and O–H groups in total. The molecule has 2 heterocycles.